The van der Waals surface area contributed by atoms with E-state index >= 15 is 0 Å². The quantitative estimate of drug-likeness (QED) is 0.939. The van der Waals surface area contributed by atoms with Crippen LogP contribution in [0.4, 0.5) is 6.01 Å². The highest BCUT2D eigenvalue weighted by molar-refractivity contribution is 6.31. The first-order chi connectivity index (χ1) is 10.1. The Kier molecular flexibility index (Phi) is 3.73. The number of fused-ring (bicyclic) bond motifs is 1. The van der Waals surface area contributed by atoms with Crippen LogP contribution in [-0.2, 0) is 4.74 Å². The van der Waals surface area contributed by atoms with Crippen LogP contribution in [0.15, 0.2) is 16.5 Å². The van der Waals surface area contributed by atoms with Gasteiger partial charge in [0, 0.05) is 17.6 Å². The summed E-state index contributed by atoms with van der Waals surface area (Å²) in [6.45, 7) is 3.94. The molecule has 1 aromatic carbocycles. The molecule has 1 saturated heterocycles. The zero-order chi connectivity index (χ0) is 15.0. The molecule has 1 unspecified atom stereocenters. The molecule has 0 radical (unpaired) electrons. The van der Waals surface area contributed by atoms with Gasteiger partial charge in [-0.1, -0.05) is 18.5 Å². The standard InChI is InChI=1S/C14H15ClN2O4/c1-2-9-7-20-4-3-17(9)14-16-12-10(13(18)19)5-8(15)6-11(12)21-14/h5-6,9H,2-4,7H2,1H3,(H,18,19). The summed E-state index contributed by atoms with van der Waals surface area (Å²) in [7, 11) is 0. The van der Waals surface area contributed by atoms with Gasteiger partial charge in [0.15, 0.2) is 5.58 Å². The van der Waals surface area contributed by atoms with E-state index < -0.39 is 5.97 Å². The summed E-state index contributed by atoms with van der Waals surface area (Å²) >= 11 is 5.93. The zero-order valence-electron chi connectivity index (χ0n) is 11.5. The van der Waals surface area contributed by atoms with Crippen LogP contribution in [-0.4, -0.2) is 41.9 Å². The van der Waals surface area contributed by atoms with Crippen LogP contribution in [0.3, 0.4) is 0 Å². The average molecular weight is 311 g/mol. The number of anilines is 1. The third-order valence-corrected chi connectivity index (χ3v) is 3.84. The molecule has 2 heterocycles. The first kappa shape index (κ1) is 14.2. The zero-order valence-corrected chi connectivity index (χ0v) is 12.3. The lowest BCUT2D eigenvalue weighted by atomic mass is 10.2. The van der Waals surface area contributed by atoms with Crippen molar-refractivity contribution in [2.75, 3.05) is 24.7 Å². The predicted molar refractivity (Wildman–Crippen MR) is 78.2 cm³/mol. The monoisotopic (exact) mass is 310 g/mol. The fourth-order valence-electron chi connectivity index (χ4n) is 2.51. The maximum Gasteiger partial charge on any atom is 0.338 e. The minimum absolute atomic E-state index is 0.0498. The van der Waals surface area contributed by atoms with Gasteiger partial charge in [0.1, 0.15) is 5.52 Å². The van der Waals surface area contributed by atoms with Crippen molar-refractivity contribution < 1.29 is 19.1 Å². The van der Waals surface area contributed by atoms with Gasteiger partial charge in [0.05, 0.1) is 24.8 Å². The molecule has 6 nitrogen and oxygen atoms in total. The molecule has 0 aliphatic carbocycles. The number of carboxylic acids is 1. The maximum atomic E-state index is 11.3. The highest BCUT2D eigenvalue weighted by Crippen LogP contribution is 2.30. The van der Waals surface area contributed by atoms with Gasteiger partial charge in [-0.2, -0.15) is 4.98 Å². The Labute approximate surface area is 126 Å². The van der Waals surface area contributed by atoms with Crippen molar-refractivity contribution in [2.24, 2.45) is 0 Å². The number of benzene rings is 1. The molecule has 1 aromatic heterocycles. The molecule has 7 heteroatoms. The summed E-state index contributed by atoms with van der Waals surface area (Å²) < 4.78 is 11.2. The van der Waals surface area contributed by atoms with E-state index in [1.165, 1.54) is 6.07 Å². The van der Waals surface area contributed by atoms with Gasteiger partial charge in [-0.3, -0.25) is 0 Å². The molecule has 1 aliphatic rings. The van der Waals surface area contributed by atoms with Crippen LogP contribution in [0.1, 0.15) is 23.7 Å². The topological polar surface area (TPSA) is 75.8 Å². The van der Waals surface area contributed by atoms with E-state index in [2.05, 4.69) is 11.9 Å². The molecular formula is C14H15ClN2O4. The maximum absolute atomic E-state index is 11.3. The number of carbonyl (C=O) groups is 1. The van der Waals surface area contributed by atoms with Gasteiger partial charge in [0.25, 0.3) is 6.01 Å². The smallest absolute Gasteiger partial charge is 0.338 e. The third-order valence-electron chi connectivity index (χ3n) is 3.62. The molecule has 1 atom stereocenters. The molecular weight excluding hydrogens is 296 g/mol. The van der Waals surface area contributed by atoms with Crippen LogP contribution in [0.5, 0.6) is 0 Å². The highest BCUT2D eigenvalue weighted by atomic mass is 35.5. The van der Waals surface area contributed by atoms with Crippen LogP contribution < -0.4 is 4.90 Å². The van der Waals surface area contributed by atoms with E-state index in [1.807, 2.05) is 4.90 Å². The average Bonchev–Trinajstić information content (AvgIpc) is 2.89. The van der Waals surface area contributed by atoms with E-state index in [4.69, 9.17) is 20.8 Å². The molecule has 21 heavy (non-hydrogen) atoms. The highest BCUT2D eigenvalue weighted by Gasteiger charge is 2.27. The molecule has 3 rings (SSSR count). The van der Waals surface area contributed by atoms with Gasteiger partial charge in [-0.05, 0) is 12.5 Å². The number of hydrogen-bond donors (Lipinski definition) is 1. The fraction of sp³-hybridized carbons (Fsp3) is 0.429. The van der Waals surface area contributed by atoms with Gasteiger partial charge in [0.2, 0.25) is 0 Å². The molecule has 1 aliphatic heterocycles. The lowest BCUT2D eigenvalue weighted by molar-refractivity contribution is 0.0698. The first-order valence-electron chi connectivity index (χ1n) is 6.78. The Morgan fingerprint density at radius 1 is 1.57 bits per heavy atom. The Balaban J connectivity index is 2.08. The number of nitrogens with zero attached hydrogens (tertiary/aromatic N) is 2. The van der Waals surface area contributed by atoms with Crippen molar-refractivity contribution in [3.63, 3.8) is 0 Å². The molecule has 112 valence electrons. The normalized spacial score (nSPS) is 19.1. The van der Waals surface area contributed by atoms with E-state index in [0.717, 1.165) is 6.42 Å². The number of ether oxygens (including phenoxy) is 1. The molecule has 0 spiro atoms. The van der Waals surface area contributed by atoms with Crippen LogP contribution in [0.25, 0.3) is 11.1 Å². The minimum atomic E-state index is -1.07. The van der Waals surface area contributed by atoms with Gasteiger partial charge in [-0.25, -0.2) is 4.79 Å². The molecule has 0 amide bonds. The Morgan fingerprint density at radius 3 is 3.10 bits per heavy atom. The minimum Gasteiger partial charge on any atom is -0.478 e. The second-order valence-electron chi connectivity index (χ2n) is 4.93. The summed E-state index contributed by atoms with van der Waals surface area (Å²) in [6.07, 6.45) is 0.894. The van der Waals surface area contributed by atoms with Crippen molar-refractivity contribution >= 4 is 34.7 Å². The molecule has 0 saturated carbocycles. The first-order valence-corrected chi connectivity index (χ1v) is 7.15. The molecule has 2 aromatic rings. The van der Waals surface area contributed by atoms with Crippen molar-refractivity contribution in [1.82, 2.24) is 4.98 Å². The fourth-order valence-corrected chi connectivity index (χ4v) is 2.72. The van der Waals surface area contributed by atoms with E-state index in [1.54, 1.807) is 6.07 Å². The van der Waals surface area contributed by atoms with Crippen LogP contribution >= 0.6 is 11.6 Å². The third kappa shape index (κ3) is 2.56. The van der Waals surface area contributed by atoms with Crippen LogP contribution in [0, 0.1) is 0 Å². The van der Waals surface area contributed by atoms with Gasteiger partial charge < -0.3 is 19.2 Å². The largest absolute Gasteiger partial charge is 0.478 e. The number of rotatable bonds is 3. The molecule has 1 fully saturated rings. The second kappa shape index (κ2) is 5.54. The van der Waals surface area contributed by atoms with Crippen LogP contribution in [0.2, 0.25) is 5.02 Å². The number of aromatic nitrogens is 1. The number of morpholine rings is 1. The summed E-state index contributed by atoms with van der Waals surface area (Å²) in [5, 5.41) is 9.57. The lowest BCUT2D eigenvalue weighted by Gasteiger charge is -2.33. The number of oxazole rings is 1. The summed E-state index contributed by atoms with van der Waals surface area (Å²) in [6, 6.07) is 3.57. The van der Waals surface area contributed by atoms with Gasteiger partial charge in [-0.15, -0.1) is 0 Å². The summed E-state index contributed by atoms with van der Waals surface area (Å²) in [4.78, 5) is 17.7. The van der Waals surface area contributed by atoms with Crippen molar-refractivity contribution in [2.45, 2.75) is 19.4 Å². The van der Waals surface area contributed by atoms with Gasteiger partial charge >= 0.3 is 5.97 Å². The van der Waals surface area contributed by atoms with Crippen molar-refractivity contribution in [3.05, 3.63) is 22.7 Å². The lowest BCUT2D eigenvalue weighted by Crippen LogP contribution is -2.45. The summed E-state index contributed by atoms with van der Waals surface area (Å²) in [5.74, 6) is -1.07. The number of carboxylic acid groups (broad SMARTS) is 1. The summed E-state index contributed by atoms with van der Waals surface area (Å²) in [5.41, 5.74) is 0.758. The SMILES string of the molecule is CCC1COCCN1c1nc2c(C(=O)O)cc(Cl)cc2o1. The number of aromatic carboxylic acids is 1. The Bertz CT molecular complexity index is 685. The van der Waals surface area contributed by atoms with E-state index in [-0.39, 0.29) is 11.6 Å². The van der Waals surface area contributed by atoms with Crippen molar-refractivity contribution in [3.8, 4) is 0 Å². The number of hydrogen-bond acceptors (Lipinski definition) is 5. The Hall–Kier alpha value is -1.79. The molecule has 0 bridgehead atoms. The van der Waals surface area contributed by atoms with E-state index in [9.17, 15) is 9.90 Å². The van der Waals surface area contributed by atoms with Crippen molar-refractivity contribution in [1.29, 1.82) is 0 Å². The molecule has 1 N–H and O–H groups in total. The predicted octanol–water partition coefficient (Wildman–Crippen LogP) is 2.79. The Morgan fingerprint density at radius 2 is 2.38 bits per heavy atom. The van der Waals surface area contributed by atoms with E-state index in [0.29, 0.717) is 41.9 Å². The second-order valence-corrected chi connectivity index (χ2v) is 5.37. The number of halogens is 1.